The van der Waals surface area contributed by atoms with Crippen LogP contribution < -0.4 is 0 Å². The van der Waals surface area contributed by atoms with Gasteiger partial charge in [0.15, 0.2) is 5.78 Å². The van der Waals surface area contributed by atoms with Gasteiger partial charge in [0.05, 0.1) is 5.71 Å². The summed E-state index contributed by atoms with van der Waals surface area (Å²) in [7, 11) is 0. The number of rotatable bonds is 1. The molecule has 0 radical (unpaired) electrons. The summed E-state index contributed by atoms with van der Waals surface area (Å²) in [5.41, 5.74) is 5.06. The van der Waals surface area contributed by atoms with Gasteiger partial charge in [-0.1, -0.05) is 36.4 Å². The number of allylic oxidation sites excluding steroid dienone is 1. The molecule has 2 aromatic carbocycles. The summed E-state index contributed by atoms with van der Waals surface area (Å²) >= 11 is 0. The van der Waals surface area contributed by atoms with Gasteiger partial charge < -0.3 is 5.41 Å². The van der Waals surface area contributed by atoms with E-state index in [-0.39, 0.29) is 17.3 Å². The Hall–Kier alpha value is -2.81. The highest BCUT2D eigenvalue weighted by Gasteiger charge is 2.26. The van der Waals surface area contributed by atoms with Crippen molar-refractivity contribution in [3.63, 3.8) is 0 Å². The fourth-order valence-corrected chi connectivity index (χ4v) is 3.15. The Bertz CT molecular complexity index is 890. The van der Waals surface area contributed by atoms with Crippen LogP contribution in [0.25, 0.3) is 6.08 Å². The molecule has 3 nitrogen and oxygen atoms in total. The van der Waals surface area contributed by atoms with Crippen LogP contribution in [0.2, 0.25) is 0 Å². The summed E-state index contributed by atoms with van der Waals surface area (Å²) < 4.78 is 0. The van der Waals surface area contributed by atoms with E-state index in [1.54, 1.807) is 6.07 Å². The van der Waals surface area contributed by atoms with Crippen LogP contribution in [0.5, 0.6) is 0 Å². The van der Waals surface area contributed by atoms with E-state index in [1.165, 1.54) is 0 Å². The lowest BCUT2D eigenvalue weighted by molar-refractivity contribution is 0.103. The maximum Gasteiger partial charge on any atom is 0.207 e. The molecule has 2 aliphatic rings. The number of Topliss-reactive ketones (excluding diaryl/α,β-unsaturated/α-hetero) is 2. The minimum atomic E-state index is -0.198. The highest BCUT2D eigenvalue weighted by Crippen LogP contribution is 2.28. The Morgan fingerprint density at radius 2 is 1.64 bits per heavy atom. The average molecular weight is 287 g/mol. The maximum atomic E-state index is 12.4. The van der Waals surface area contributed by atoms with E-state index in [0.717, 1.165) is 27.8 Å². The minimum Gasteiger partial charge on any atom is -0.301 e. The molecule has 0 aromatic heterocycles. The molecule has 2 aliphatic carbocycles. The lowest BCUT2D eigenvalue weighted by Crippen LogP contribution is -2.04. The van der Waals surface area contributed by atoms with Crippen LogP contribution in [-0.4, -0.2) is 17.3 Å². The van der Waals surface area contributed by atoms with Gasteiger partial charge >= 0.3 is 0 Å². The van der Waals surface area contributed by atoms with Crippen LogP contribution in [0.3, 0.4) is 0 Å². The first-order chi connectivity index (χ1) is 10.6. The molecule has 0 atom stereocenters. The predicted molar refractivity (Wildman–Crippen MR) is 84.7 cm³/mol. The Labute approximate surface area is 127 Å². The number of benzene rings is 2. The monoisotopic (exact) mass is 287 g/mol. The number of hydrogen-bond acceptors (Lipinski definition) is 3. The quantitative estimate of drug-likeness (QED) is 0.818. The van der Waals surface area contributed by atoms with Gasteiger partial charge in [0, 0.05) is 29.5 Å². The zero-order chi connectivity index (χ0) is 15.3. The van der Waals surface area contributed by atoms with Crippen LogP contribution in [0, 0.1) is 5.41 Å². The second-order valence-electron chi connectivity index (χ2n) is 5.73. The summed E-state index contributed by atoms with van der Waals surface area (Å²) in [6.07, 6.45) is 2.91. The molecule has 0 amide bonds. The number of nitrogens with one attached hydrogen (secondary N) is 1. The number of hydrogen-bond donors (Lipinski definition) is 1. The molecule has 22 heavy (non-hydrogen) atoms. The molecule has 2 aromatic rings. The van der Waals surface area contributed by atoms with Crippen molar-refractivity contribution in [2.45, 2.75) is 12.8 Å². The van der Waals surface area contributed by atoms with E-state index in [4.69, 9.17) is 5.41 Å². The van der Waals surface area contributed by atoms with Crippen molar-refractivity contribution in [2.24, 2.45) is 0 Å². The Morgan fingerprint density at radius 3 is 2.45 bits per heavy atom. The molecule has 4 rings (SSSR count). The van der Waals surface area contributed by atoms with E-state index in [0.29, 0.717) is 18.4 Å². The smallest absolute Gasteiger partial charge is 0.207 e. The number of fused-ring (bicyclic) bond motifs is 2. The van der Waals surface area contributed by atoms with Gasteiger partial charge in [0.2, 0.25) is 5.78 Å². The molecule has 1 N–H and O–H groups in total. The van der Waals surface area contributed by atoms with Gasteiger partial charge in [-0.3, -0.25) is 9.59 Å². The molecular formula is C19H13NO2. The summed E-state index contributed by atoms with van der Waals surface area (Å²) in [6.45, 7) is 0. The van der Waals surface area contributed by atoms with Crippen molar-refractivity contribution in [1.82, 2.24) is 0 Å². The van der Waals surface area contributed by atoms with Crippen molar-refractivity contribution in [3.8, 4) is 0 Å². The topological polar surface area (TPSA) is 58.0 Å². The molecule has 0 aliphatic heterocycles. The van der Waals surface area contributed by atoms with Gasteiger partial charge in [-0.25, -0.2) is 0 Å². The van der Waals surface area contributed by atoms with Crippen molar-refractivity contribution in [1.29, 1.82) is 5.41 Å². The third-order valence-corrected chi connectivity index (χ3v) is 4.30. The number of carbonyl (C=O) groups excluding carboxylic acids is 2. The SMILES string of the molecule is N=C1Cc2ccc(C=C3Cc4ccccc4C3=O)cc2C1=O. The third-order valence-electron chi connectivity index (χ3n) is 4.30. The fraction of sp³-hybridized carbons (Fsp3) is 0.105. The highest BCUT2D eigenvalue weighted by molar-refractivity contribution is 6.48. The standard InChI is InChI=1S/C19H13NO2/c20-17-10-13-6-5-11(8-16(13)19(17)22)7-14-9-12-3-1-2-4-15(12)18(14)21/h1-8,20H,9-10H2. The normalized spacial score (nSPS) is 18.0. The van der Waals surface area contributed by atoms with Crippen molar-refractivity contribution < 1.29 is 9.59 Å². The predicted octanol–water partition coefficient (Wildman–Crippen LogP) is 3.27. The minimum absolute atomic E-state index is 0.0650. The van der Waals surface area contributed by atoms with Gasteiger partial charge in [0.25, 0.3) is 0 Å². The maximum absolute atomic E-state index is 12.4. The molecule has 3 heteroatoms. The van der Waals surface area contributed by atoms with Crippen LogP contribution in [0.1, 0.15) is 37.4 Å². The second kappa shape index (κ2) is 4.60. The zero-order valence-corrected chi connectivity index (χ0v) is 11.8. The van der Waals surface area contributed by atoms with Crippen LogP contribution in [0.15, 0.2) is 48.0 Å². The largest absolute Gasteiger partial charge is 0.301 e. The van der Waals surface area contributed by atoms with E-state index in [2.05, 4.69) is 0 Å². The van der Waals surface area contributed by atoms with Gasteiger partial charge in [-0.05, 0) is 28.8 Å². The van der Waals surface area contributed by atoms with E-state index >= 15 is 0 Å². The molecule has 0 saturated heterocycles. The Kier molecular flexibility index (Phi) is 2.70. The van der Waals surface area contributed by atoms with Crippen molar-refractivity contribution >= 4 is 23.4 Å². The van der Waals surface area contributed by atoms with Crippen LogP contribution in [0.4, 0.5) is 0 Å². The average Bonchev–Trinajstić information content (AvgIpc) is 2.99. The molecule has 0 heterocycles. The molecule has 0 bridgehead atoms. The van der Waals surface area contributed by atoms with Gasteiger partial charge in [0.1, 0.15) is 0 Å². The second-order valence-corrected chi connectivity index (χ2v) is 5.73. The summed E-state index contributed by atoms with van der Waals surface area (Å²) in [6, 6.07) is 13.2. The lowest BCUT2D eigenvalue weighted by Gasteiger charge is -2.01. The molecular weight excluding hydrogens is 274 g/mol. The van der Waals surface area contributed by atoms with Crippen molar-refractivity contribution in [3.05, 3.63) is 75.9 Å². The lowest BCUT2D eigenvalue weighted by atomic mass is 10.0. The van der Waals surface area contributed by atoms with Gasteiger partial charge in [-0.15, -0.1) is 0 Å². The van der Waals surface area contributed by atoms with Crippen LogP contribution in [-0.2, 0) is 12.8 Å². The molecule has 0 fully saturated rings. The summed E-state index contributed by atoms with van der Waals surface area (Å²) in [5.74, 6) is -0.133. The first-order valence-corrected chi connectivity index (χ1v) is 7.22. The molecule has 0 spiro atoms. The van der Waals surface area contributed by atoms with Crippen LogP contribution >= 0.6 is 0 Å². The molecule has 106 valence electrons. The first-order valence-electron chi connectivity index (χ1n) is 7.22. The van der Waals surface area contributed by atoms with Crippen molar-refractivity contribution in [2.75, 3.05) is 0 Å². The Morgan fingerprint density at radius 1 is 0.864 bits per heavy atom. The molecule has 0 unspecified atom stereocenters. The summed E-state index contributed by atoms with van der Waals surface area (Å²) in [5, 5.41) is 7.64. The van der Waals surface area contributed by atoms with E-state index in [9.17, 15) is 9.59 Å². The highest BCUT2D eigenvalue weighted by atomic mass is 16.1. The third kappa shape index (κ3) is 1.86. The zero-order valence-electron chi connectivity index (χ0n) is 11.8. The fourth-order valence-electron chi connectivity index (χ4n) is 3.15. The number of ketones is 2. The van der Waals surface area contributed by atoms with E-state index in [1.807, 2.05) is 42.5 Å². The molecule has 0 saturated carbocycles. The summed E-state index contributed by atoms with van der Waals surface area (Å²) in [4.78, 5) is 24.3. The Balaban J connectivity index is 1.73. The van der Waals surface area contributed by atoms with Gasteiger partial charge in [-0.2, -0.15) is 0 Å². The number of carbonyl (C=O) groups is 2. The first kappa shape index (κ1) is 12.9. The van der Waals surface area contributed by atoms with E-state index < -0.39 is 0 Å².